The fourth-order valence-corrected chi connectivity index (χ4v) is 3.67. The maximum Gasteiger partial charge on any atom is 0.00683 e. The molecule has 2 fully saturated rings. The molecule has 0 radical (unpaired) electrons. The lowest BCUT2D eigenvalue weighted by molar-refractivity contribution is 0.0929. The predicted molar refractivity (Wildman–Crippen MR) is 84.2 cm³/mol. The molecule has 0 aliphatic heterocycles. The van der Waals surface area contributed by atoms with Gasteiger partial charge in [-0.2, -0.15) is 0 Å². The van der Waals surface area contributed by atoms with Crippen LogP contribution in [0.3, 0.4) is 0 Å². The monoisotopic (exact) mass is 263 g/mol. The molecule has 0 aromatic heterocycles. The number of hydrogen-bond acceptors (Lipinski definition) is 1. The predicted octanol–water partition coefficient (Wildman–Crippen LogP) is 4.78. The van der Waals surface area contributed by atoms with Gasteiger partial charge in [-0.05, 0) is 74.7 Å². The van der Waals surface area contributed by atoms with Crippen LogP contribution in [-0.4, -0.2) is 12.6 Å². The highest BCUT2D eigenvalue weighted by atomic mass is 14.9. The molecule has 2 saturated carbocycles. The minimum absolute atomic E-state index is 0.487. The van der Waals surface area contributed by atoms with E-state index in [1.54, 1.807) is 0 Å². The van der Waals surface area contributed by atoms with Crippen molar-refractivity contribution in [2.24, 2.45) is 23.2 Å². The number of rotatable bonds is 6. The molecule has 0 heterocycles. The van der Waals surface area contributed by atoms with Gasteiger partial charge in [-0.1, -0.05) is 26.8 Å². The lowest BCUT2D eigenvalue weighted by atomic mass is 9.64. The van der Waals surface area contributed by atoms with Crippen LogP contribution in [0.25, 0.3) is 0 Å². The van der Waals surface area contributed by atoms with Crippen LogP contribution < -0.4 is 5.32 Å². The molecule has 3 unspecified atom stereocenters. The number of hydrogen-bond donors (Lipinski definition) is 1. The summed E-state index contributed by atoms with van der Waals surface area (Å²) >= 11 is 0. The van der Waals surface area contributed by atoms with E-state index in [0.717, 1.165) is 23.8 Å². The Bertz CT molecular complexity index is 285. The summed E-state index contributed by atoms with van der Waals surface area (Å²) in [6.45, 7) is 12.4. The first-order valence-corrected chi connectivity index (χ1v) is 8.35. The van der Waals surface area contributed by atoms with E-state index in [4.69, 9.17) is 0 Å². The third-order valence-corrected chi connectivity index (χ3v) is 5.35. The maximum absolute atomic E-state index is 3.91. The molecule has 1 heteroatoms. The molecular weight excluding hydrogens is 230 g/mol. The minimum Gasteiger partial charge on any atom is -0.314 e. The summed E-state index contributed by atoms with van der Waals surface area (Å²) in [5.74, 6) is 2.75. The van der Waals surface area contributed by atoms with Gasteiger partial charge in [-0.3, -0.25) is 0 Å². The molecule has 2 aliphatic carbocycles. The first-order chi connectivity index (χ1) is 9.00. The molecule has 0 aromatic carbocycles. The van der Waals surface area contributed by atoms with Gasteiger partial charge in [-0.15, -0.1) is 6.58 Å². The Morgan fingerprint density at radius 2 is 1.84 bits per heavy atom. The van der Waals surface area contributed by atoms with Crippen molar-refractivity contribution in [3.63, 3.8) is 0 Å². The average Bonchev–Trinajstić information content (AvgIpc) is 3.17. The van der Waals surface area contributed by atoms with Gasteiger partial charge in [0.2, 0.25) is 0 Å². The van der Waals surface area contributed by atoms with Gasteiger partial charge < -0.3 is 5.32 Å². The zero-order valence-electron chi connectivity index (χ0n) is 13.3. The summed E-state index contributed by atoms with van der Waals surface area (Å²) in [7, 11) is 0. The molecule has 2 rings (SSSR count). The quantitative estimate of drug-likeness (QED) is 0.680. The van der Waals surface area contributed by atoms with E-state index in [2.05, 4.69) is 38.7 Å². The smallest absolute Gasteiger partial charge is 0.00683 e. The van der Waals surface area contributed by atoms with Gasteiger partial charge in [0.15, 0.2) is 0 Å². The first kappa shape index (κ1) is 15.1. The van der Waals surface area contributed by atoms with Crippen molar-refractivity contribution in [2.45, 2.75) is 71.8 Å². The van der Waals surface area contributed by atoms with Crippen LogP contribution in [0.2, 0.25) is 0 Å². The molecular formula is C18H33N. The zero-order chi connectivity index (χ0) is 13.9. The normalized spacial score (nSPS) is 32.3. The highest BCUT2D eigenvalue weighted by Gasteiger charge is 2.35. The molecule has 19 heavy (non-hydrogen) atoms. The molecule has 3 atom stereocenters. The molecule has 1 N–H and O–H groups in total. The Kier molecular flexibility index (Phi) is 5.11. The highest BCUT2D eigenvalue weighted by molar-refractivity contribution is 4.89. The third kappa shape index (κ3) is 4.63. The van der Waals surface area contributed by atoms with Crippen molar-refractivity contribution < 1.29 is 0 Å². The van der Waals surface area contributed by atoms with Crippen LogP contribution >= 0.6 is 0 Å². The van der Waals surface area contributed by atoms with Gasteiger partial charge in [0.25, 0.3) is 0 Å². The first-order valence-electron chi connectivity index (χ1n) is 8.35. The SMILES string of the molecule is C=CCCC1CC(C(C)(C)C)CCC1CNC1CC1. The summed E-state index contributed by atoms with van der Waals surface area (Å²) in [5.41, 5.74) is 0.487. The van der Waals surface area contributed by atoms with Crippen molar-refractivity contribution in [3.8, 4) is 0 Å². The van der Waals surface area contributed by atoms with Gasteiger partial charge in [0.1, 0.15) is 0 Å². The highest BCUT2D eigenvalue weighted by Crippen LogP contribution is 2.44. The van der Waals surface area contributed by atoms with E-state index >= 15 is 0 Å². The largest absolute Gasteiger partial charge is 0.314 e. The van der Waals surface area contributed by atoms with Crippen LogP contribution in [-0.2, 0) is 0 Å². The fourth-order valence-electron chi connectivity index (χ4n) is 3.67. The summed E-state index contributed by atoms with van der Waals surface area (Å²) < 4.78 is 0. The lowest BCUT2D eigenvalue weighted by Crippen LogP contribution is -2.37. The van der Waals surface area contributed by atoms with E-state index in [1.807, 2.05) is 0 Å². The van der Waals surface area contributed by atoms with Gasteiger partial charge in [-0.25, -0.2) is 0 Å². The molecule has 2 aliphatic rings. The van der Waals surface area contributed by atoms with Crippen molar-refractivity contribution in [3.05, 3.63) is 12.7 Å². The molecule has 110 valence electrons. The molecule has 1 nitrogen and oxygen atoms in total. The van der Waals surface area contributed by atoms with E-state index < -0.39 is 0 Å². The Labute approximate surface area is 120 Å². The van der Waals surface area contributed by atoms with Crippen LogP contribution in [0.15, 0.2) is 12.7 Å². The number of nitrogens with one attached hydrogen (secondary N) is 1. The van der Waals surface area contributed by atoms with Crippen LogP contribution in [0.1, 0.15) is 65.7 Å². The Hall–Kier alpha value is -0.300. The standard InChI is InChI=1S/C18H33N/c1-5-6-7-14-12-16(18(2,3)4)9-8-15(14)13-19-17-10-11-17/h5,14-17,19H,1,6-13H2,2-4H3. The Balaban J connectivity index is 1.88. The fraction of sp³-hybridized carbons (Fsp3) is 0.889. The maximum atomic E-state index is 3.91. The van der Waals surface area contributed by atoms with E-state index in [9.17, 15) is 0 Å². The second kappa shape index (κ2) is 6.43. The van der Waals surface area contributed by atoms with Crippen molar-refractivity contribution in [2.75, 3.05) is 6.54 Å². The Morgan fingerprint density at radius 1 is 1.11 bits per heavy atom. The van der Waals surface area contributed by atoms with E-state index in [0.29, 0.717) is 5.41 Å². The minimum atomic E-state index is 0.487. The summed E-state index contributed by atoms with van der Waals surface area (Å²) in [5, 5.41) is 3.76. The second-order valence-electron chi connectivity index (χ2n) is 7.94. The van der Waals surface area contributed by atoms with Crippen LogP contribution in [0.4, 0.5) is 0 Å². The topological polar surface area (TPSA) is 12.0 Å². The Morgan fingerprint density at radius 3 is 2.42 bits per heavy atom. The number of allylic oxidation sites excluding steroid dienone is 1. The van der Waals surface area contributed by atoms with E-state index in [1.165, 1.54) is 51.5 Å². The van der Waals surface area contributed by atoms with Crippen LogP contribution in [0, 0.1) is 23.2 Å². The molecule has 0 spiro atoms. The third-order valence-electron chi connectivity index (χ3n) is 5.35. The molecule has 0 bridgehead atoms. The van der Waals surface area contributed by atoms with Crippen molar-refractivity contribution in [1.82, 2.24) is 5.32 Å². The second-order valence-corrected chi connectivity index (χ2v) is 7.94. The summed E-state index contributed by atoms with van der Waals surface area (Å²) in [6, 6.07) is 0.861. The molecule has 0 amide bonds. The molecule has 0 aromatic rings. The van der Waals surface area contributed by atoms with Crippen molar-refractivity contribution in [1.29, 1.82) is 0 Å². The molecule has 0 saturated heterocycles. The summed E-state index contributed by atoms with van der Waals surface area (Å²) in [4.78, 5) is 0. The van der Waals surface area contributed by atoms with E-state index in [-0.39, 0.29) is 0 Å². The summed E-state index contributed by atoms with van der Waals surface area (Å²) in [6.07, 6.45) is 11.8. The lowest BCUT2D eigenvalue weighted by Gasteiger charge is -2.42. The van der Waals surface area contributed by atoms with Crippen molar-refractivity contribution >= 4 is 0 Å². The van der Waals surface area contributed by atoms with Gasteiger partial charge in [0.05, 0.1) is 0 Å². The van der Waals surface area contributed by atoms with Gasteiger partial charge in [0, 0.05) is 6.04 Å². The zero-order valence-corrected chi connectivity index (χ0v) is 13.3. The average molecular weight is 263 g/mol. The van der Waals surface area contributed by atoms with Gasteiger partial charge >= 0.3 is 0 Å². The van der Waals surface area contributed by atoms with Crippen LogP contribution in [0.5, 0.6) is 0 Å².